The minimum absolute atomic E-state index is 0.0573. The van der Waals surface area contributed by atoms with Crippen LogP contribution in [0.4, 0.5) is 5.69 Å². The fraction of sp³-hybridized carbons (Fsp3) is 0.0833. The van der Waals surface area contributed by atoms with Crippen molar-refractivity contribution in [3.8, 4) is 11.6 Å². The van der Waals surface area contributed by atoms with Gasteiger partial charge in [-0.1, -0.05) is 17.3 Å². The first kappa shape index (κ1) is 14.2. The molecule has 2 aromatic rings. The molecule has 0 atom stereocenters. The zero-order valence-corrected chi connectivity index (χ0v) is 10.9. The second-order valence-electron chi connectivity index (χ2n) is 4.01. The fourth-order valence-corrected chi connectivity index (χ4v) is 1.57. The Morgan fingerprint density at radius 2 is 2.19 bits per heavy atom. The fourth-order valence-electron chi connectivity index (χ4n) is 1.57. The van der Waals surface area contributed by atoms with Gasteiger partial charge in [0.25, 0.3) is 0 Å². The van der Waals surface area contributed by atoms with Crippen molar-refractivity contribution in [3.05, 3.63) is 52.0 Å². The number of aryl methyl sites for hydroxylation is 1. The lowest BCUT2D eigenvalue weighted by Crippen LogP contribution is -2.15. The van der Waals surface area contributed by atoms with Gasteiger partial charge in [-0.05, 0) is 12.5 Å². The van der Waals surface area contributed by atoms with E-state index in [9.17, 15) is 10.1 Å². The molecule has 9 heteroatoms. The average molecular weight is 289 g/mol. The second-order valence-corrected chi connectivity index (χ2v) is 4.01. The van der Waals surface area contributed by atoms with Crippen molar-refractivity contribution in [3.63, 3.8) is 0 Å². The van der Waals surface area contributed by atoms with Gasteiger partial charge in [0, 0.05) is 6.07 Å². The van der Waals surface area contributed by atoms with Gasteiger partial charge in [-0.2, -0.15) is 0 Å². The number of rotatable bonds is 4. The largest absolute Gasteiger partial charge is 0.430 e. The molecule has 0 spiro atoms. The minimum Gasteiger partial charge on any atom is -0.430 e. The molecule has 9 nitrogen and oxygen atoms in total. The number of nitro groups is 1. The van der Waals surface area contributed by atoms with E-state index in [0.717, 1.165) is 0 Å². The molecule has 0 aliphatic carbocycles. The number of hydrogen-bond donors (Lipinski definition) is 2. The third-order valence-corrected chi connectivity index (χ3v) is 2.59. The number of ether oxygens (including phenoxy) is 1. The molecule has 0 aliphatic rings. The first-order chi connectivity index (χ1) is 10.0. The van der Waals surface area contributed by atoms with Crippen LogP contribution in [0.5, 0.6) is 11.6 Å². The molecular weight excluding hydrogens is 278 g/mol. The van der Waals surface area contributed by atoms with Crippen LogP contribution >= 0.6 is 0 Å². The zero-order valence-electron chi connectivity index (χ0n) is 10.9. The van der Waals surface area contributed by atoms with Gasteiger partial charge >= 0.3 is 5.69 Å². The molecule has 2 rings (SSSR count). The van der Waals surface area contributed by atoms with Gasteiger partial charge in [-0.15, -0.1) is 0 Å². The number of hydrogen-bond acceptors (Lipinski definition) is 7. The maximum atomic E-state index is 11.0. The Balaban J connectivity index is 2.33. The number of amidine groups is 1. The van der Waals surface area contributed by atoms with Crippen LogP contribution in [0.3, 0.4) is 0 Å². The number of nitrogens with two attached hydrogens (primary N) is 1. The molecule has 0 saturated heterocycles. The molecule has 0 fully saturated rings. The third kappa shape index (κ3) is 3.03. The average Bonchev–Trinajstić information content (AvgIpc) is 2.49. The SMILES string of the molecule is Cc1cccc([N+](=O)[O-])c1Oc1cnc(/C(N)=N/O)cn1. The summed E-state index contributed by atoms with van der Waals surface area (Å²) >= 11 is 0. The van der Waals surface area contributed by atoms with E-state index in [1.807, 2.05) is 0 Å². The van der Waals surface area contributed by atoms with Crippen LogP contribution in [-0.2, 0) is 0 Å². The first-order valence-corrected chi connectivity index (χ1v) is 5.74. The number of aromatic nitrogens is 2. The van der Waals surface area contributed by atoms with Crippen LogP contribution in [0.2, 0.25) is 0 Å². The molecule has 21 heavy (non-hydrogen) atoms. The topological polar surface area (TPSA) is 137 Å². The molecule has 1 aromatic heterocycles. The summed E-state index contributed by atoms with van der Waals surface area (Å²) in [4.78, 5) is 18.2. The van der Waals surface area contributed by atoms with Crippen LogP contribution in [0.15, 0.2) is 35.7 Å². The van der Waals surface area contributed by atoms with E-state index in [4.69, 9.17) is 15.7 Å². The van der Waals surface area contributed by atoms with Crippen LogP contribution in [-0.4, -0.2) is 25.9 Å². The summed E-state index contributed by atoms with van der Waals surface area (Å²) in [7, 11) is 0. The summed E-state index contributed by atoms with van der Waals surface area (Å²) in [6.07, 6.45) is 2.46. The number of benzene rings is 1. The highest BCUT2D eigenvalue weighted by molar-refractivity contribution is 5.94. The van der Waals surface area contributed by atoms with Crippen LogP contribution in [0.1, 0.15) is 11.3 Å². The van der Waals surface area contributed by atoms with Crippen molar-refractivity contribution in [2.45, 2.75) is 6.92 Å². The maximum absolute atomic E-state index is 11.0. The first-order valence-electron chi connectivity index (χ1n) is 5.74. The molecule has 3 N–H and O–H groups in total. The minimum atomic E-state index is -0.541. The van der Waals surface area contributed by atoms with Crippen molar-refractivity contribution in [2.75, 3.05) is 0 Å². The smallest absolute Gasteiger partial charge is 0.311 e. The van der Waals surface area contributed by atoms with Crippen molar-refractivity contribution in [1.29, 1.82) is 0 Å². The molecule has 1 heterocycles. The normalized spacial score (nSPS) is 11.2. The quantitative estimate of drug-likeness (QED) is 0.286. The molecule has 108 valence electrons. The van der Waals surface area contributed by atoms with Gasteiger partial charge in [0.05, 0.1) is 17.3 Å². The highest BCUT2D eigenvalue weighted by Gasteiger charge is 2.18. The van der Waals surface area contributed by atoms with E-state index in [-0.39, 0.29) is 28.8 Å². The zero-order chi connectivity index (χ0) is 15.4. The highest BCUT2D eigenvalue weighted by atomic mass is 16.6. The van der Waals surface area contributed by atoms with E-state index in [1.165, 1.54) is 18.5 Å². The second kappa shape index (κ2) is 5.82. The summed E-state index contributed by atoms with van der Waals surface area (Å²) in [5.41, 5.74) is 5.93. The van der Waals surface area contributed by atoms with E-state index in [2.05, 4.69) is 15.1 Å². The molecule has 1 aromatic carbocycles. The van der Waals surface area contributed by atoms with Crippen molar-refractivity contribution in [1.82, 2.24) is 9.97 Å². The number of para-hydroxylation sites is 1. The van der Waals surface area contributed by atoms with Crippen molar-refractivity contribution in [2.24, 2.45) is 10.9 Å². The predicted molar refractivity (Wildman–Crippen MR) is 72.5 cm³/mol. The van der Waals surface area contributed by atoms with E-state index in [0.29, 0.717) is 5.56 Å². The summed E-state index contributed by atoms with van der Waals surface area (Å²) in [5, 5.41) is 22.3. The van der Waals surface area contributed by atoms with Gasteiger partial charge in [-0.3, -0.25) is 10.1 Å². The van der Waals surface area contributed by atoms with E-state index >= 15 is 0 Å². The van der Waals surface area contributed by atoms with Crippen LogP contribution in [0.25, 0.3) is 0 Å². The summed E-state index contributed by atoms with van der Waals surface area (Å²) in [6.45, 7) is 1.68. The maximum Gasteiger partial charge on any atom is 0.311 e. The Kier molecular flexibility index (Phi) is 3.93. The van der Waals surface area contributed by atoms with Gasteiger partial charge in [0.2, 0.25) is 11.6 Å². The third-order valence-electron chi connectivity index (χ3n) is 2.59. The lowest BCUT2D eigenvalue weighted by atomic mass is 10.2. The number of nitrogens with zero attached hydrogens (tertiary/aromatic N) is 4. The standard InChI is InChI=1S/C12H11N5O4/c1-7-3-2-4-9(17(19)20)11(7)21-10-6-14-8(5-15-10)12(13)16-18/h2-6,18H,1H3,(H2,13,16). The van der Waals surface area contributed by atoms with Gasteiger partial charge in [0.1, 0.15) is 5.69 Å². The molecular formula is C12H11N5O4. The van der Waals surface area contributed by atoms with E-state index in [1.54, 1.807) is 19.1 Å². The summed E-state index contributed by atoms with van der Waals surface area (Å²) < 4.78 is 5.41. The summed E-state index contributed by atoms with van der Waals surface area (Å²) in [6, 6.07) is 4.58. The van der Waals surface area contributed by atoms with Crippen molar-refractivity contribution >= 4 is 11.5 Å². The molecule has 0 aliphatic heterocycles. The monoisotopic (exact) mass is 289 g/mol. The number of nitro benzene ring substituents is 1. The Morgan fingerprint density at radius 3 is 2.76 bits per heavy atom. The highest BCUT2D eigenvalue weighted by Crippen LogP contribution is 2.33. The summed E-state index contributed by atoms with van der Waals surface area (Å²) in [5.74, 6) is -0.0499. The lowest BCUT2D eigenvalue weighted by molar-refractivity contribution is -0.385. The molecule has 0 amide bonds. The Bertz CT molecular complexity index is 699. The van der Waals surface area contributed by atoms with Gasteiger partial charge < -0.3 is 15.7 Å². The van der Waals surface area contributed by atoms with Gasteiger partial charge in [0.15, 0.2) is 5.84 Å². The number of oxime groups is 1. The van der Waals surface area contributed by atoms with Crippen molar-refractivity contribution < 1.29 is 14.9 Å². The Hall–Kier alpha value is -3.23. The molecule has 0 unspecified atom stereocenters. The Labute approximate surface area is 118 Å². The van der Waals surface area contributed by atoms with Crippen LogP contribution in [0, 0.1) is 17.0 Å². The van der Waals surface area contributed by atoms with Crippen LogP contribution < -0.4 is 10.5 Å². The Morgan fingerprint density at radius 1 is 1.43 bits per heavy atom. The molecule has 0 bridgehead atoms. The van der Waals surface area contributed by atoms with E-state index < -0.39 is 4.92 Å². The molecule has 0 radical (unpaired) electrons. The lowest BCUT2D eigenvalue weighted by Gasteiger charge is -2.08. The van der Waals surface area contributed by atoms with Gasteiger partial charge in [-0.25, -0.2) is 9.97 Å². The predicted octanol–water partition coefficient (Wildman–Crippen LogP) is 1.58. The molecule has 0 saturated carbocycles.